The van der Waals surface area contributed by atoms with Crippen molar-refractivity contribution in [2.75, 3.05) is 11.9 Å². The van der Waals surface area contributed by atoms with E-state index < -0.39 is 0 Å². The van der Waals surface area contributed by atoms with Gasteiger partial charge in [0.15, 0.2) is 5.82 Å². The number of ether oxygens (including phenoxy) is 1. The second-order valence-electron chi connectivity index (χ2n) is 6.34. The summed E-state index contributed by atoms with van der Waals surface area (Å²) in [7, 11) is 0. The summed E-state index contributed by atoms with van der Waals surface area (Å²) < 4.78 is 6.81. The summed E-state index contributed by atoms with van der Waals surface area (Å²) in [6, 6.07) is 18.3. The minimum Gasteiger partial charge on any atom is -0.494 e. The molecule has 0 aliphatic carbocycles. The van der Waals surface area contributed by atoms with Crippen molar-refractivity contribution < 1.29 is 9.53 Å². The highest BCUT2D eigenvalue weighted by Gasteiger charge is 2.14. The van der Waals surface area contributed by atoms with Crippen LogP contribution in [0.3, 0.4) is 0 Å². The van der Waals surface area contributed by atoms with E-state index in [0.29, 0.717) is 29.3 Å². The Labute approximate surface area is 166 Å². The van der Waals surface area contributed by atoms with E-state index >= 15 is 0 Å². The maximum Gasteiger partial charge on any atom is 0.290 e. The zero-order valence-corrected chi connectivity index (χ0v) is 15.8. The first-order chi connectivity index (χ1) is 14.1. The highest BCUT2D eigenvalue weighted by molar-refractivity contribution is 5.92. The number of nitrogens with zero attached hydrogens (tertiary/aromatic N) is 3. The van der Waals surface area contributed by atoms with E-state index in [9.17, 15) is 9.59 Å². The quantitative estimate of drug-likeness (QED) is 0.528. The molecule has 2 aromatic heterocycles. The number of fused-ring (bicyclic) bond motifs is 1. The van der Waals surface area contributed by atoms with E-state index in [1.165, 1.54) is 4.52 Å². The third kappa shape index (κ3) is 4.01. The molecule has 8 heteroatoms. The lowest BCUT2D eigenvalue weighted by atomic mass is 10.1. The van der Waals surface area contributed by atoms with Gasteiger partial charge < -0.3 is 10.1 Å². The number of hydrogen-bond acceptors (Lipinski definition) is 5. The van der Waals surface area contributed by atoms with E-state index in [4.69, 9.17) is 4.74 Å². The third-order valence-electron chi connectivity index (χ3n) is 4.31. The molecule has 2 N–H and O–H groups in total. The number of carbonyl (C=O) groups excluding carboxylic acids is 1. The van der Waals surface area contributed by atoms with Crippen molar-refractivity contribution in [1.82, 2.24) is 19.8 Å². The molecule has 0 saturated heterocycles. The van der Waals surface area contributed by atoms with Crippen LogP contribution in [-0.2, 0) is 11.2 Å². The molecule has 0 radical (unpaired) electrons. The number of amides is 1. The smallest absolute Gasteiger partial charge is 0.290 e. The first kappa shape index (κ1) is 18.4. The van der Waals surface area contributed by atoms with E-state index in [-0.39, 0.29) is 17.9 Å². The molecule has 8 nitrogen and oxygen atoms in total. The van der Waals surface area contributed by atoms with Crippen molar-refractivity contribution in [1.29, 1.82) is 0 Å². The van der Waals surface area contributed by atoms with Gasteiger partial charge in [-0.3, -0.25) is 9.59 Å². The third-order valence-corrected chi connectivity index (χ3v) is 4.31. The summed E-state index contributed by atoms with van der Waals surface area (Å²) in [4.78, 5) is 24.6. The van der Waals surface area contributed by atoms with Crippen molar-refractivity contribution in [2.24, 2.45) is 0 Å². The topological polar surface area (TPSA) is 101 Å². The molecule has 0 saturated carbocycles. The standard InChI is InChI=1S/C21H19N5O3/c1-2-29-16-10-8-15(9-11-16)22-20(27)13-19-23-24-21(28)18-12-17(25-26(18)19)14-6-4-3-5-7-14/h3-12H,2,13H2,1H3,(H,22,27)(H,24,28). The van der Waals surface area contributed by atoms with Crippen LogP contribution >= 0.6 is 0 Å². The number of aromatic nitrogens is 4. The molecule has 2 heterocycles. The number of carbonyl (C=O) groups is 1. The zero-order chi connectivity index (χ0) is 20.2. The molecule has 0 spiro atoms. The van der Waals surface area contributed by atoms with Crippen molar-refractivity contribution in [3.8, 4) is 17.0 Å². The maximum atomic E-state index is 12.5. The van der Waals surface area contributed by atoms with Gasteiger partial charge >= 0.3 is 0 Å². The number of hydrogen-bond donors (Lipinski definition) is 2. The molecule has 0 aliphatic heterocycles. The van der Waals surface area contributed by atoms with Gasteiger partial charge in [0, 0.05) is 11.3 Å². The van der Waals surface area contributed by atoms with Gasteiger partial charge in [0.1, 0.15) is 11.3 Å². The van der Waals surface area contributed by atoms with Crippen LogP contribution in [0.25, 0.3) is 16.8 Å². The van der Waals surface area contributed by atoms with Gasteiger partial charge in [-0.25, -0.2) is 9.61 Å². The largest absolute Gasteiger partial charge is 0.494 e. The number of rotatable bonds is 6. The minimum absolute atomic E-state index is 0.0452. The lowest BCUT2D eigenvalue weighted by molar-refractivity contribution is -0.115. The molecule has 146 valence electrons. The highest BCUT2D eigenvalue weighted by atomic mass is 16.5. The Balaban J connectivity index is 1.57. The van der Waals surface area contributed by atoms with Gasteiger partial charge in [0.05, 0.1) is 18.7 Å². The maximum absolute atomic E-state index is 12.5. The Morgan fingerprint density at radius 1 is 1.14 bits per heavy atom. The van der Waals surface area contributed by atoms with Crippen LogP contribution in [0.1, 0.15) is 12.7 Å². The summed E-state index contributed by atoms with van der Waals surface area (Å²) in [6.45, 7) is 2.49. The van der Waals surface area contributed by atoms with Crippen molar-refractivity contribution in [3.63, 3.8) is 0 Å². The lowest BCUT2D eigenvalue weighted by Gasteiger charge is -2.07. The molecule has 29 heavy (non-hydrogen) atoms. The normalized spacial score (nSPS) is 10.8. The Morgan fingerprint density at radius 2 is 1.90 bits per heavy atom. The summed E-state index contributed by atoms with van der Waals surface area (Å²) in [5, 5.41) is 13.7. The van der Waals surface area contributed by atoms with E-state index in [0.717, 1.165) is 11.3 Å². The average Bonchev–Trinajstić information content (AvgIpc) is 3.19. The van der Waals surface area contributed by atoms with Crippen LogP contribution in [0.15, 0.2) is 65.5 Å². The first-order valence-electron chi connectivity index (χ1n) is 9.19. The number of benzene rings is 2. The van der Waals surface area contributed by atoms with Crippen LogP contribution in [0.2, 0.25) is 0 Å². The Morgan fingerprint density at radius 3 is 2.62 bits per heavy atom. The zero-order valence-electron chi connectivity index (χ0n) is 15.8. The van der Waals surface area contributed by atoms with Gasteiger partial charge in [0.25, 0.3) is 5.56 Å². The molecule has 4 rings (SSSR count). The molecular formula is C21H19N5O3. The highest BCUT2D eigenvalue weighted by Crippen LogP contribution is 2.19. The Kier molecular flexibility index (Phi) is 5.07. The second-order valence-corrected chi connectivity index (χ2v) is 6.34. The fourth-order valence-electron chi connectivity index (χ4n) is 2.97. The van der Waals surface area contributed by atoms with E-state index in [1.807, 2.05) is 37.3 Å². The minimum atomic E-state index is -0.365. The molecule has 4 aromatic rings. The Hall–Kier alpha value is -3.94. The van der Waals surface area contributed by atoms with Crippen molar-refractivity contribution >= 4 is 17.1 Å². The number of H-pyrrole nitrogens is 1. The van der Waals surface area contributed by atoms with Gasteiger partial charge in [-0.2, -0.15) is 10.2 Å². The monoisotopic (exact) mass is 389 g/mol. The van der Waals surface area contributed by atoms with Crippen LogP contribution in [-0.4, -0.2) is 32.3 Å². The fourth-order valence-corrected chi connectivity index (χ4v) is 2.97. The van der Waals surface area contributed by atoms with Gasteiger partial charge in [-0.1, -0.05) is 30.3 Å². The predicted octanol–water partition coefficient (Wildman–Crippen LogP) is 2.66. The van der Waals surface area contributed by atoms with Gasteiger partial charge in [0.2, 0.25) is 5.91 Å². The van der Waals surface area contributed by atoms with Gasteiger partial charge in [-0.05, 0) is 37.3 Å². The summed E-state index contributed by atoms with van der Waals surface area (Å²) >= 11 is 0. The van der Waals surface area contributed by atoms with Crippen LogP contribution in [0.4, 0.5) is 5.69 Å². The molecule has 2 aromatic carbocycles. The van der Waals surface area contributed by atoms with E-state index in [2.05, 4.69) is 20.6 Å². The number of nitrogens with one attached hydrogen (secondary N) is 2. The Bertz CT molecular complexity index is 1200. The summed E-state index contributed by atoms with van der Waals surface area (Å²) in [5.41, 5.74) is 2.13. The second kappa shape index (κ2) is 7.97. The average molecular weight is 389 g/mol. The van der Waals surface area contributed by atoms with Crippen LogP contribution in [0, 0.1) is 0 Å². The fraction of sp³-hybridized carbons (Fsp3) is 0.143. The summed E-state index contributed by atoms with van der Waals surface area (Å²) in [5.74, 6) is 0.802. The molecule has 0 aliphatic rings. The summed E-state index contributed by atoms with van der Waals surface area (Å²) in [6.07, 6.45) is -0.0452. The first-order valence-corrected chi connectivity index (χ1v) is 9.19. The lowest BCUT2D eigenvalue weighted by Crippen LogP contribution is -2.22. The molecule has 0 bridgehead atoms. The number of aromatic amines is 1. The van der Waals surface area contributed by atoms with Crippen molar-refractivity contribution in [2.45, 2.75) is 13.3 Å². The molecule has 1 amide bonds. The van der Waals surface area contributed by atoms with Crippen LogP contribution < -0.4 is 15.6 Å². The van der Waals surface area contributed by atoms with Crippen LogP contribution in [0.5, 0.6) is 5.75 Å². The van der Waals surface area contributed by atoms with Gasteiger partial charge in [-0.15, -0.1) is 0 Å². The number of anilines is 1. The molecular weight excluding hydrogens is 370 g/mol. The SMILES string of the molecule is CCOc1ccc(NC(=O)Cc2n[nH]c(=O)c3cc(-c4ccccc4)nn23)cc1. The van der Waals surface area contributed by atoms with Crippen molar-refractivity contribution in [3.05, 3.63) is 76.8 Å². The van der Waals surface area contributed by atoms with E-state index in [1.54, 1.807) is 30.3 Å². The molecule has 0 unspecified atom stereocenters. The molecule has 0 atom stereocenters. The molecule has 0 fully saturated rings. The predicted molar refractivity (Wildman–Crippen MR) is 109 cm³/mol.